The van der Waals surface area contributed by atoms with Gasteiger partial charge in [-0.2, -0.15) is 0 Å². The van der Waals surface area contributed by atoms with Gasteiger partial charge in [0.1, 0.15) is 0 Å². The third-order valence-electron chi connectivity index (χ3n) is 2.97. The van der Waals surface area contributed by atoms with E-state index in [1.807, 2.05) is 12.1 Å². The van der Waals surface area contributed by atoms with Crippen molar-refractivity contribution in [1.29, 1.82) is 0 Å². The fraction of sp³-hybridized carbons (Fsp3) is 0. The van der Waals surface area contributed by atoms with E-state index in [4.69, 9.17) is 0 Å². The standard InChI is InChI=1S/C17H13.Pt/c1-3-7-14(8-4-1)16-11-12-17(13-16)15-9-5-2-6-10-15;/h1-13H;/q-1;. The zero-order valence-corrected chi connectivity index (χ0v) is 12.1. The van der Waals surface area contributed by atoms with Crippen LogP contribution in [0.3, 0.4) is 0 Å². The van der Waals surface area contributed by atoms with E-state index in [2.05, 4.69) is 66.7 Å². The van der Waals surface area contributed by atoms with Crippen molar-refractivity contribution in [1.82, 2.24) is 0 Å². The second-order valence-corrected chi connectivity index (χ2v) is 4.12. The van der Waals surface area contributed by atoms with Crippen molar-refractivity contribution < 1.29 is 21.1 Å². The molecule has 0 N–H and O–H groups in total. The maximum atomic E-state index is 2.24. The first kappa shape index (κ1) is 12.9. The molecule has 0 amide bonds. The number of hydrogen-bond donors (Lipinski definition) is 0. The summed E-state index contributed by atoms with van der Waals surface area (Å²) in [5.74, 6) is 0. The van der Waals surface area contributed by atoms with Gasteiger partial charge in [-0.15, -0.1) is 41.5 Å². The summed E-state index contributed by atoms with van der Waals surface area (Å²) in [6.07, 6.45) is 0. The van der Waals surface area contributed by atoms with Gasteiger partial charge in [-0.05, 0) is 0 Å². The van der Waals surface area contributed by atoms with Crippen molar-refractivity contribution in [3.63, 3.8) is 0 Å². The monoisotopic (exact) mass is 412 g/mol. The normalized spacial score (nSPS) is 9.78. The Morgan fingerprint density at radius 2 is 1.22 bits per heavy atom. The van der Waals surface area contributed by atoms with Crippen molar-refractivity contribution in [2.75, 3.05) is 0 Å². The molecule has 0 saturated heterocycles. The Balaban J connectivity index is 0.00000120. The van der Waals surface area contributed by atoms with Crippen LogP contribution < -0.4 is 0 Å². The molecule has 3 rings (SSSR count). The minimum absolute atomic E-state index is 0. The predicted octanol–water partition coefficient (Wildman–Crippen LogP) is 4.74. The molecule has 18 heavy (non-hydrogen) atoms. The maximum Gasteiger partial charge on any atom is 0 e. The zero-order chi connectivity index (χ0) is 11.5. The smallest absolute Gasteiger partial charge is 0 e. The molecule has 3 aromatic rings. The van der Waals surface area contributed by atoms with E-state index < -0.39 is 0 Å². The van der Waals surface area contributed by atoms with Gasteiger partial charge < -0.3 is 0 Å². The molecule has 0 unspecified atom stereocenters. The average molecular weight is 412 g/mol. The molecule has 0 aromatic heterocycles. The molecule has 0 fully saturated rings. The number of rotatable bonds is 2. The predicted molar refractivity (Wildman–Crippen MR) is 72.9 cm³/mol. The van der Waals surface area contributed by atoms with Gasteiger partial charge in [-0.1, -0.05) is 59.7 Å². The van der Waals surface area contributed by atoms with Crippen LogP contribution in [0.25, 0.3) is 22.3 Å². The van der Waals surface area contributed by atoms with Gasteiger partial charge in [0, 0.05) is 21.1 Å². The van der Waals surface area contributed by atoms with E-state index in [0.29, 0.717) is 0 Å². The van der Waals surface area contributed by atoms with Gasteiger partial charge in [-0.25, -0.2) is 0 Å². The second kappa shape index (κ2) is 5.89. The summed E-state index contributed by atoms with van der Waals surface area (Å²) in [5, 5.41) is 0. The SMILES string of the molecule is [Pt].c1ccc(-c2cc[c-](-c3ccccc3)c2)cc1. The molecule has 0 aliphatic carbocycles. The summed E-state index contributed by atoms with van der Waals surface area (Å²) in [6.45, 7) is 0. The fourth-order valence-corrected chi connectivity index (χ4v) is 2.06. The molecule has 3 aromatic carbocycles. The van der Waals surface area contributed by atoms with Crippen LogP contribution in [0.5, 0.6) is 0 Å². The molecule has 0 atom stereocenters. The molecule has 0 nitrogen and oxygen atoms in total. The minimum Gasteiger partial charge on any atom is -0.144 e. The number of benzene rings is 2. The van der Waals surface area contributed by atoms with Crippen LogP contribution in [0.15, 0.2) is 78.9 Å². The maximum absolute atomic E-state index is 2.24. The van der Waals surface area contributed by atoms with Gasteiger partial charge in [0.15, 0.2) is 0 Å². The van der Waals surface area contributed by atoms with E-state index >= 15 is 0 Å². The largest absolute Gasteiger partial charge is 0.144 e. The van der Waals surface area contributed by atoms with Gasteiger partial charge >= 0.3 is 0 Å². The van der Waals surface area contributed by atoms with Gasteiger partial charge in [0.2, 0.25) is 0 Å². The Hall–Kier alpha value is -1.52. The first-order valence-corrected chi connectivity index (χ1v) is 5.81. The molecule has 0 aliphatic rings. The average Bonchev–Trinajstić information content (AvgIpc) is 2.90. The van der Waals surface area contributed by atoms with E-state index in [9.17, 15) is 0 Å². The first-order chi connectivity index (χ1) is 8.43. The van der Waals surface area contributed by atoms with Gasteiger partial charge in [0.25, 0.3) is 0 Å². The quantitative estimate of drug-likeness (QED) is 0.534. The Morgan fingerprint density at radius 1 is 0.611 bits per heavy atom. The van der Waals surface area contributed by atoms with E-state index in [1.54, 1.807) is 0 Å². The molecule has 1 heteroatoms. The molecule has 0 heterocycles. The summed E-state index contributed by atoms with van der Waals surface area (Å²) in [4.78, 5) is 0. The summed E-state index contributed by atoms with van der Waals surface area (Å²) >= 11 is 0. The summed E-state index contributed by atoms with van der Waals surface area (Å²) < 4.78 is 0. The van der Waals surface area contributed by atoms with Crippen LogP contribution in [0, 0.1) is 0 Å². The number of hydrogen-bond acceptors (Lipinski definition) is 0. The molecular formula is C17H13Pt-. The van der Waals surface area contributed by atoms with Crippen LogP contribution in [0.1, 0.15) is 0 Å². The molecule has 0 aliphatic heterocycles. The summed E-state index contributed by atoms with van der Waals surface area (Å²) in [5.41, 5.74) is 5.11. The molecular weight excluding hydrogens is 399 g/mol. The van der Waals surface area contributed by atoms with Crippen LogP contribution in [0.2, 0.25) is 0 Å². The van der Waals surface area contributed by atoms with Crippen molar-refractivity contribution in [2.45, 2.75) is 0 Å². The Morgan fingerprint density at radius 3 is 1.89 bits per heavy atom. The Labute approximate surface area is 122 Å². The summed E-state index contributed by atoms with van der Waals surface area (Å²) in [7, 11) is 0. The molecule has 0 radical (unpaired) electrons. The Bertz CT molecular complexity index is 540. The van der Waals surface area contributed by atoms with Crippen molar-refractivity contribution in [3.05, 3.63) is 78.9 Å². The van der Waals surface area contributed by atoms with Crippen molar-refractivity contribution in [3.8, 4) is 22.3 Å². The van der Waals surface area contributed by atoms with Crippen LogP contribution in [-0.4, -0.2) is 0 Å². The van der Waals surface area contributed by atoms with Gasteiger partial charge in [-0.3, -0.25) is 0 Å². The van der Waals surface area contributed by atoms with Crippen molar-refractivity contribution in [2.24, 2.45) is 0 Å². The summed E-state index contributed by atoms with van der Waals surface area (Å²) in [6, 6.07) is 27.6. The second-order valence-electron chi connectivity index (χ2n) is 4.12. The molecule has 0 spiro atoms. The van der Waals surface area contributed by atoms with E-state index in [0.717, 1.165) is 0 Å². The Kier molecular flexibility index (Phi) is 4.23. The minimum atomic E-state index is 0. The zero-order valence-electron chi connectivity index (χ0n) is 9.82. The first-order valence-electron chi connectivity index (χ1n) is 5.81. The van der Waals surface area contributed by atoms with Crippen LogP contribution >= 0.6 is 0 Å². The van der Waals surface area contributed by atoms with Gasteiger partial charge in [0.05, 0.1) is 0 Å². The van der Waals surface area contributed by atoms with E-state index in [1.165, 1.54) is 22.3 Å². The molecule has 0 saturated carbocycles. The van der Waals surface area contributed by atoms with Crippen LogP contribution in [-0.2, 0) is 21.1 Å². The third kappa shape index (κ3) is 2.65. The van der Waals surface area contributed by atoms with Crippen LogP contribution in [0.4, 0.5) is 0 Å². The van der Waals surface area contributed by atoms with E-state index in [-0.39, 0.29) is 21.1 Å². The fourth-order valence-electron chi connectivity index (χ4n) is 2.06. The third-order valence-corrected chi connectivity index (χ3v) is 2.97. The topological polar surface area (TPSA) is 0 Å². The molecule has 92 valence electrons. The molecule has 0 bridgehead atoms. The van der Waals surface area contributed by atoms with Crippen molar-refractivity contribution >= 4 is 0 Å².